The highest BCUT2D eigenvalue weighted by Crippen LogP contribution is 2.17. The number of hydrogen-bond acceptors (Lipinski definition) is 4. The number of nitrogens with one attached hydrogen (secondary N) is 1. The zero-order valence-electron chi connectivity index (χ0n) is 12.4. The number of carbonyl (C=O) groups excluding carboxylic acids is 2. The Morgan fingerprint density at radius 1 is 1.20 bits per heavy atom. The number of nitrogen functional groups attached to an aromatic ring is 1. The third-order valence-electron chi connectivity index (χ3n) is 2.84. The Balaban J connectivity index is 2.53. The summed E-state index contributed by atoms with van der Waals surface area (Å²) in [5, 5.41) is 2.81. The number of anilines is 2. The van der Waals surface area contributed by atoms with E-state index in [1.54, 1.807) is 44.2 Å². The molecule has 0 aromatic heterocycles. The highest BCUT2D eigenvalue weighted by molar-refractivity contribution is 5.93. The molecule has 1 rings (SSSR count). The summed E-state index contributed by atoms with van der Waals surface area (Å²) >= 11 is 0. The molecule has 0 saturated heterocycles. The van der Waals surface area contributed by atoms with Crippen LogP contribution >= 0.6 is 0 Å². The maximum absolute atomic E-state index is 11.9. The molecule has 0 aliphatic carbocycles. The Kier molecular flexibility index (Phi) is 5.52. The summed E-state index contributed by atoms with van der Waals surface area (Å²) in [6, 6.07) is 5.31. The number of likely N-dealkylation sites (N-methyl/N-ethyl adjacent to an activating group) is 2. The monoisotopic (exact) mass is 278 g/mol. The van der Waals surface area contributed by atoms with E-state index in [0.717, 1.165) is 11.3 Å². The summed E-state index contributed by atoms with van der Waals surface area (Å²) in [6.45, 7) is 2.25. The second-order valence-electron chi connectivity index (χ2n) is 5.08. The molecule has 0 unspecified atom stereocenters. The molecule has 0 radical (unpaired) electrons. The fourth-order valence-electron chi connectivity index (χ4n) is 1.69. The second kappa shape index (κ2) is 6.91. The van der Waals surface area contributed by atoms with E-state index in [1.807, 2.05) is 6.92 Å². The van der Waals surface area contributed by atoms with Gasteiger partial charge in [0.25, 0.3) is 0 Å². The number of benzene rings is 1. The molecule has 20 heavy (non-hydrogen) atoms. The van der Waals surface area contributed by atoms with Crippen molar-refractivity contribution in [2.24, 2.45) is 0 Å². The lowest BCUT2D eigenvalue weighted by Crippen LogP contribution is -2.38. The van der Waals surface area contributed by atoms with Crippen molar-refractivity contribution < 1.29 is 9.59 Å². The van der Waals surface area contributed by atoms with Gasteiger partial charge in [0, 0.05) is 25.5 Å². The highest BCUT2D eigenvalue weighted by atomic mass is 16.2. The van der Waals surface area contributed by atoms with Crippen LogP contribution in [0.5, 0.6) is 0 Å². The van der Waals surface area contributed by atoms with Gasteiger partial charge < -0.3 is 16.0 Å². The van der Waals surface area contributed by atoms with Gasteiger partial charge in [0.05, 0.1) is 13.1 Å². The Labute approximate surface area is 119 Å². The zero-order valence-corrected chi connectivity index (χ0v) is 12.4. The molecule has 1 aromatic rings. The van der Waals surface area contributed by atoms with Gasteiger partial charge in [-0.05, 0) is 37.7 Å². The average molecular weight is 278 g/mol. The third kappa shape index (κ3) is 4.89. The lowest BCUT2D eigenvalue weighted by molar-refractivity contribution is -0.130. The van der Waals surface area contributed by atoms with Gasteiger partial charge >= 0.3 is 0 Å². The molecule has 6 nitrogen and oxygen atoms in total. The maximum atomic E-state index is 11.9. The number of rotatable bonds is 5. The van der Waals surface area contributed by atoms with Gasteiger partial charge in [-0.2, -0.15) is 0 Å². The van der Waals surface area contributed by atoms with Crippen LogP contribution in [-0.4, -0.2) is 55.8 Å². The van der Waals surface area contributed by atoms with Crippen LogP contribution in [-0.2, 0) is 9.59 Å². The SMILES string of the molecule is Cc1cc(N)ccc1NC(=O)CN(C)CC(=O)N(C)C. The Bertz CT molecular complexity index is 500. The van der Waals surface area contributed by atoms with E-state index in [-0.39, 0.29) is 24.9 Å². The van der Waals surface area contributed by atoms with E-state index in [9.17, 15) is 9.59 Å². The average Bonchev–Trinajstić information content (AvgIpc) is 2.32. The molecule has 0 atom stereocenters. The van der Waals surface area contributed by atoms with Crippen molar-refractivity contribution in [3.05, 3.63) is 23.8 Å². The summed E-state index contributed by atoms with van der Waals surface area (Å²) in [5.41, 5.74) is 7.96. The van der Waals surface area contributed by atoms with Gasteiger partial charge in [0.1, 0.15) is 0 Å². The molecule has 0 aliphatic rings. The summed E-state index contributed by atoms with van der Waals surface area (Å²) in [4.78, 5) is 26.6. The van der Waals surface area contributed by atoms with Crippen LogP contribution in [0.15, 0.2) is 18.2 Å². The van der Waals surface area contributed by atoms with Crippen molar-refractivity contribution in [2.75, 3.05) is 45.3 Å². The van der Waals surface area contributed by atoms with E-state index in [1.165, 1.54) is 4.90 Å². The van der Waals surface area contributed by atoms with Crippen molar-refractivity contribution in [1.29, 1.82) is 0 Å². The summed E-state index contributed by atoms with van der Waals surface area (Å²) < 4.78 is 0. The summed E-state index contributed by atoms with van der Waals surface area (Å²) in [7, 11) is 5.11. The molecular formula is C14H22N4O2. The molecule has 1 aromatic carbocycles. The molecule has 6 heteroatoms. The number of amides is 2. The summed E-state index contributed by atoms with van der Waals surface area (Å²) in [6.07, 6.45) is 0. The van der Waals surface area contributed by atoms with Crippen molar-refractivity contribution in [1.82, 2.24) is 9.80 Å². The molecule has 0 heterocycles. The van der Waals surface area contributed by atoms with E-state index in [4.69, 9.17) is 5.73 Å². The fourth-order valence-corrected chi connectivity index (χ4v) is 1.69. The molecule has 0 aliphatic heterocycles. The van der Waals surface area contributed by atoms with Crippen molar-refractivity contribution >= 4 is 23.2 Å². The van der Waals surface area contributed by atoms with Gasteiger partial charge in [0.15, 0.2) is 0 Å². The van der Waals surface area contributed by atoms with E-state index >= 15 is 0 Å². The lowest BCUT2D eigenvalue weighted by atomic mass is 10.2. The quantitative estimate of drug-likeness (QED) is 0.770. The lowest BCUT2D eigenvalue weighted by Gasteiger charge is -2.18. The van der Waals surface area contributed by atoms with Crippen molar-refractivity contribution in [2.45, 2.75) is 6.92 Å². The zero-order chi connectivity index (χ0) is 15.3. The van der Waals surface area contributed by atoms with Crippen molar-refractivity contribution in [3.8, 4) is 0 Å². The first kappa shape index (κ1) is 16.0. The normalized spacial score (nSPS) is 10.4. The van der Waals surface area contributed by atoms with E-state index in [2.05, 4.69) is 5.32 Å². The Morgan fingerprint density at radius 3 is 2.40 bits per heavy atom. The maximum Gasteiger partial charge on any atom is 0.238 e. The molecule has 110 valence electrons. The number of nitrogens with zero attached hydrogens (tertiary/aromatic N) is 2. The van der Waals surface area contributed by atoms with Gasteiger partial charge in [-0.25, -0.2) is 0 Å². The van der Waals surface area contributed by atoms with Crippen LogP contribution in [0, 0.1) is 6.92 Å². The topological polar surface area (TPSA) is 78.7 Å². The van der Waals surface area contributed by atoms with Gasteiger partial charge in [-0.3, -0.25) is 14.5 Å². The first-order chi connectivity index (χ1) is 9.29. The molecule has 0 spiro atoms. The number of hydrogen-bond donors (Lipinski definition) is 2. The fraction of sp³-hybridized carbons (Fsp3) is 0.429. The predicted molar refractivity (Wildman–Crippen MR) is 80.4 cm³/mol. The second-order valence-corrected chi connectivity index (χ2v) is 5.08. The third-order valence-corrected chi connectivity index (χ3v) is 2.84. The summed E-state index contributed by atoms with van der Waals surface area (Å²) in [5.74, 6) is -0.198. The molecule has 0 saturated carbocycles. The van der Waals surface area contributed by atoms with Crippen LogP contribution in [0.2, 0.25) is 0 Å². The minimum absolute atomic E-state index is 0.0380. The Morgan fingerprint density at radius 2 is 1.85 bits per heavy atom. The number of aryl methyl sites for hydroxylation is 1. The van der Waals surface area contributed by atoms with Crippen LogP contribution < -0.4 is 11.1 Å². The van der Waals surface area contributed by atoms with Gasteiger partial charge in [-0.1, -0.05) is 0 Å². The largest absolute Gasteiger partial charge is 0.399 e. The molecule has 3 N–H and O–H groups in total. The van der Waals surface area contributed by atoms with E-state index in [0.29, 0.717) is 5.69 Å². The van der Waals surface area contributed by atoms with Crippen molar-refractivity contribution in [3.63, 3.8) is 0 Å². The Hall–Kier alpha value is -2.08. The van der Waals surface area contributed by atoms with Crippen LogP contribution in [0.25, 0.3) is 0 Å². The standard InChI is InChI=1S/C14H22N4O2/c1-10-7-11(15)5-6-12(10)16-13(19)8-18(4)9-14(20)17(2)3/h5-7H,8-9,15H2,1-4H3,(H,16,19). The molecule has 2 amide bonds. The number of nitrogens with two attached hydrogens (primary N) is 1. The molecule has 0 fully saturated rings. The number of carbonyl (C=O) groups is 2. The minimum atomic E-state index is -0.160. The smallest absolute Gasteiger partial charge is 0.238 e. The minimum Gasteiger partial charge on any atom is -0.399 e. The van der Waals surface area contributed by atoms with Crippen LogP contribution in [0.3, 0.4) is 0 Å². The predicted octanol–water partition coefficient (Wildman–Crippen LogP) is 0.536. The highest BCUT2D eigenvalue weighted by Gasteiger charge is 2.12. The van der Waals surface area contributed by atoms with E-state index < -0.39 is 0 Å². The van der Waals surface area contributed by atoms with Crippen LogP contribution in [0.1, 0.15) is 5.56 Å². The van der Waals surface area contributed by atoms with Crippen LogP contribution in [0.4, 0.5) is 11.4 Å². The van der Waals surface area contributed by atoms with Gasteiger partial charge in [0.2, 0.25) is 11.8 Å². The first-order valence-corrected chi connectivity index (χ1v) is 6.34. The molecule has 0 bridgehead atoms. The molecular weight excluding hydrogens is 256 g/mol. The van der Waals surface area contributed by atoms with Gasteiger partial charge in [-0.15, -0.1) is 0 Å². The first-order valence-electron chi connectivity index (χ1n) is 6.34.